The van der Waals surface area contributed by atoms with E-state index in [9.17, 15) is 22.8 Å². The minimum atomic E-state index is -4.30. The summed E-state index contributed by atoms with van der Waals surface area (Å²) in [4.78, 5) is 36.9. The Morgan fingerprint density at radius 1 is 1.09 bits per heavy atom. The molecule has 1 saturated heterocycles. The largest absolute Gasteiger partial charge is 0.444 e. The van der Waals surface area contributed by atoms with E-state index >= 15 is 0 Å². The molecule has 3 heterocycles. The topological polar surface area (TPSA) is 106 Å². The first-order valence-corrected chi connectivity index (χ1v) is 15.2. The number of rotatable bonds is 8. The number of carbonyl (C=O) groups excluding carboxylic acids is 2. The van der Waals surface area contributed by atoms with Crippen molar-refractivity contribution in [2.24, 2.45) is 0 Å². The van der Waals surface area contributed by atoms with Crippen molar-refractivity contribution in [1.29, 1.82) is 0 Å². The highest BCUT2D eigenvalue weighted by Gasteiger charge is 2.34. The Morgan fingerprint density at radius 2 is 1.84 bits per heavy atom. The Bertz CT molecular complexity index is 1440. The zero-order valence-corrected chi connectivity index (χ0v) is 25.2. The van der Waals surface area contributed by atoms with Crippen LogP contribution < -0.4 is 10.6 Å². The number of nitrogens with zero attached hydrogens (tertiary/aromatic N) is 3. The summed E-state index contributed by atoms with van der Waals surface area (Å²) in [5, 5.41) is 6.91. The summed E-state index contributed by atoms with van der Waals surface area (Å²) >= 11 is 1.01. The predicted molar refractivity (Wildman–Crippen MR) is 157 cm³/mol. The lowest BCUT2D eigenvalue weighted by atomic mass is 9.89. The van der Waals surface area contributed by atoms with Crippen LogP contribution in [0.2, 0.25) is 0 Å². The van der Waals surface area contributed by atoms with Crippen molar-refractivity contribution in [3.8, 4) is 0 Å². The monoisotopic (exact) mass is 619 g/mol. The third-order valence-electron chi connectivity index (χ3n) is 7.35. The average molecular weight is 620 g/mol. The fourth-order valence-electron chi connectivity index (χ4n) is 5.29. The fourth-order valence-corrected chi connectivity index (χ4v) is 6.31. The Morgan fingerprint density at radius 3 is 2.49 bits per heavy atom. The van der Waals surface area contributed by atoms with E-state index < -0.39 is 24.3 Å². The summed E-state index contributed by atoms with van der Waals surface area (Å²) in [6.07, 6.45) is -1.35. The molecule has 1 saturated carbocycles. The van der Waals surface area contributed by atoms with Crippen LogP contribution in [-0.2, 0) is 22.4 Å². The molecule has 1 aromatic carbocycles. The second kappa shape index (κ2) is 12.7. The first-order valence-electron chi connectivity index (χ1n) is 14.4. The summed E-state index contributed by atoms with van der Waals surface area (Å²) in [5.74, 6) is 0.325. The number of ether oxygens (including phenoxy) is 2. The van der Waals surface area contributed by atoms with Crippen LogP contribution >= 0.6 is 11.3 Å². The van der Waals surface area contributed by atoms with Gasteiger partial charge in [-0.2, -0.15) is 13.2 Å². The lowest BCUT2D eigenvalue weighted by Gasteiger charge is -2.38. The number of thiophene rings is 1. The molecule has 0 spiro atoms. The Labute approximate surface area is 252 Å². The molecule has 3 aromatic rings. The van der Waals surface area contributed by atoms with E-state index in [1.165, 1.54) is 12.4 Å². The summed E-state index contributed by atoms with van der Waals surface area (Å²) in [6.45, 7) is 6.80. The standard InChI is InChI=1S/C30H36F3N5O4S/c1-29(2,3)42-28(40)38(14-18-7-9-19(10-8-18)26(39)37-21-15-41-16-21)22-6-4-5-20(11-22)36-25-24-12-23(13-30(31,32)33)43-27(24)35-17-34-25/h7-10,12,17,20-22H,4-6,11,13-16H2,1-3H3,(H,37,39)(H,34,35,36)/t20-,22+/m1/s1. The molecule has 2 fully saturated rings. The first kappa shape index (κ1) is 31.0. The number of alkyl halides is 3. The molecule has 13 heteroatoms. The first-order chi connectivity index (χ1) is 20.3. The van der Waals surface area contributed by atoms with E-state index in [0.717, 1.165) is 36.2 Å². The summed E-state index contributed by atoms with van der Waals surface area (Å²) in [6, 6.07) is 8.50. The summed E-state index contributed by atoms with van der Waals surface area (Å²) in [5.41, 5.74) is 0.705. The molecule has 43 heavy (non-hydrogen) atoms. The van der Waals surface area contributed by atoms with Crippen LogP contribution in [0.4, 0.5) is 23.8 Å². The van der Waals surface area contributed by atoms with Gasteiger partial charge in [0.25, 0.3) is 5.91 Å². The minimum Gasteiger partial charge on any atom is -0.444 e. The lowest BCUT2D eigenvalue weighted by Crippen LogP contribution is -2.48. The quantitative estimate of drug-likeness (QED) is 0.315. The van der Waals surface area contributed by atoms with Gasteiger partial charge in [-0.25, -0.2) is 14.8 Å². The fraction of sp³-hybridized carbons (Fsp3) is 0.533. The molecule has 2 aromatic heterocycles. The van der Waals surface area contributed by atoms with Crippen molar-refractivity contribution in [3.63, 3.8) is 0 Å². The van der Waals surface area contributed by atoms with Crippen molar-refractivity contribution >= 4 is 39.4 Å². The van der Waals surface area contributed by atoms with Gasteiger partial charge in [-0.3, -0.25) is 4.79 Å². The predicted octanol–water partition coefficient (Wildman–Crippen LogP) is 6.09. The van der Waals surface area contributed by atoms with E-state index in [-0.39, 0.29) is 28.9 Å². The number of anilines is 1. The molecule has 5 rings (SSSR count). The number of hydrogen-bond donors (Lipinski definition) is 2. The number of benzene rings is 1. The molecule has 2 aliphatic rings. The molecule has 2 amide bonds. The zero-order valence-electron chi connectivity index (χ0n) is 24.4. The van der Waals surface area contributed by atoms with Gasteiger partial charge >= 0.3 is 12.3 Å². The van der Waals surface area contributed by atoms with Gasteiger partial charge < -0.3 is 25.0 Å². The highest BCUT2D eigenvalue weighted by atomic mass is 32.1. The molecule has 9 nitrogen and oxygen atoms in total. The third-order valence-corrected chi connectivity index (χ3v) is 8.40. The van der Waals surface area contributed by atoms with Crippen molar-refractivity contribution in [3.05, 3.63) is 52.7 Å². The van der Waals surface area contributed by atoms with Crippen LogP contribution in [0.25, 0.3) is 10.2 Å². The van der Waals surface area contributed by atoms with Crippen LogP contribution in [0.5, 0.6) is 0 Å². The molecule has 232 valence electrons. The normalized spacial score (nSPS) is 19.5. The number of fused-ring (bicyclic) bond motifs is 1. The Kier molecular flexibility index (Phi) is 9.12. The molecule has 2 N–H and O–H groups in total. The van der Waals surface area contributed by atoms with E-state index in [1.54, 1.807) is 17.0 Å². The van der Waals surface area contributed by atoms with Crippen LogP contribution in [0, 0.1) is 0 Å². The minimum absolute atomic E-state index is 0.0304. The zero-order chi connectivity index (χ0) is 30.8. The van der Waals surface area contributed by atoms with Crippen LogP contribution in [-0.4, -0.2) is 70.0 Å². The van der Waals surface area contributed by atoms with Crippen molar-refractivity contribution in [2.75, 3.05) is 18.5 Å². The number of aromatic nitrogens is 2. The molecule has 0 unspecified atom stereocenters. The van der Waals surface area contributed by atoms with Gasteiger partial charge in [0, 0.05) is 29.1 Å². The smallest absolute Gasteiger partial charge is 0.410 e. The van der Waals surface area contributed by atoms with Gasteiger partial charge in [0.15, 0.2) is 0 Å². The van der Waals surface area contributed by atoms with E-state index in [2.05, 4.69) is 20.6 Å². The maximum atomic E-state index is 13.5. The molecule has 0 bridgehead atoms. The number of halogens is 3. The number of nitrogens with one attached hydrogen (secondary N) is 2. The second-order valence-corrected chi connectivity index (χ2v) is 13.2. The van der Waals surface area contributed by atoms with E-state index in [1.807, 2.05) is 32.9 Å². The summed E-state index contributed by atoms with van der Waals surface area (Å²) in [7, 11) is 0. The maximum absolute atomic E-state index is 13.5. The number of hydrogen-bond acceptors (Lipinski definition) is 8. The van der Waals surface area contributed by atoms with Crippen LogP contribution in [0.15, 0.2) is 36.7 Å². The van der Waals surface area contributed by atoms with Crippen molar-refractivity contribution in [1.82, 2.24) is 20.2 Å². The molecule has 2 atom stereocenters. The second-order valence-electron chi connectivity index (χ2n) is 12.1. The van der Waals surface area contributed by atoms with Gasteiger partial charge in [-0.15, -0.1) is 11.3 Å². The number of carbonyl (C=O) groups is 2. The van der Waals surface area contributed by atoms with Crippen molar-refractivity contribution < 1.29 is 32.2 Å². The van der Waals surface area contributed by atoms with Crippen LogP contribution in [0.1, 0.15) is 67.3 Å². The highest BCUT2D eigenvalue weighted by molar-refractivity contribution is 7.18. The molecular weight excluding hydrogens is 583 g/mol. The lowest BCUT2D eigenvalue weighted by molar-refractivity contribution is -0.126. The van der Waals surface area contributed by atoms with E-state index in [4.69, 9.17) is 9.47 Å². The van der Waals surface area contributed by atoms with E-state index in [0.29, 0.717) is 47.8 Å². The average Bonchev–Trinajstić information content (AvgIpc) is 3.30. The van der Waals surface area contributed by atoms with Gasteiger partial charge in [0.1, 0.15) is 22.6 Å². The van der Waals surface area contributed by atoms with Gasteiger partial charge in [-0.05, 0) is 70.2 Å². The molecular formula is C30H36F3N5O4S. The third kappa shape index (κ3) is 8.35. The van der Waals surface area contributed by atoms with Gasteiger partial charge in [-0.1, -0.05) is 12.1 Å². The Hall–Kier alpha value is -3.45. The Balaban J connectivity index is 1.30. The molecule has 0 radical (unpaired) electrons. The van der Waals surface area contributed by atoms with Gasteiger partial charge in [0.2, 0.25) is 0 Å². The molecule has 1 aliphatic heterocycles. The van der Waals surface area contributed by atoms with Gasteiger partial charge in [0.05, 0.1) is 31.1 Å². The summed E-state index contributed by atoms with van der Waals surface area (Å²) < 4.78 is 49.9. The number of amides is 2. The van der Waals surface area contributed by atoms with Crippen molar-refractivity contribution in [2.45, 2.75) is 89.3 Å². The van der Waals surface area contributed by atoms with Crippen LogP contribution in [0.3, 0.4) is 0 Å². The molecule has 1 aliphatic carbocycles. The SMILES string of the molecule is CC(C)(C)OC(=O)N(Cc1ccc(C(=O)NC2COC2)cc1)[C@H]1CCC[C@@H](Nc2ncnc3sc(CC(F)(F)F)cc23)C1. The highest BCUT2D eigenvalue weighted by Crippen LogP contribution is 2.34. The maximum Gasteiger partial charge on any atom is 0.410 e.